The zero-order valence-corrected chi connectivity index (χ0v) is 13.5. The molecule has 1 aliphatic heterocycles. The van der Waals surface area contributed by atoms with Crippen LogP contribution in [0.4, 0.5) is 0 Å². The molecule has 1 aliphatic rings. The molecule has 1 saturated heterocycles. The third kappa shape index (κ3) is 2.96. The second-order valence-electron chi connectivity index (χ2n) is 5.86. The molecule has 7 heteroatoms. The number of fused-ring (bicyclic) bond motifs is 1. The summed E-state index contributed by atoms with van der Waals surface area (Å²) in [6.45, 7) is 2.04. The van der Waals surface area contributed by atoms with Gasteiger partial charge in [-0.05, 0) is 30.3 Å². The van der Waals surface area contributed by atoms with Crippen LogP contribution in [0.2, 0.25) is 0 Å². The minimum absolute atomic E-state index is 0.0292. The molecule has 126 valence electrons. The summed E-state index contributed by atoms with van der Waals surface area (Å²) in [7, 11) is 0. The van der Waals surface area contributed by atoms with Crippen molar-refractivity contribution in [2.45, 2.75) is 0 Å². The molecular weight excluding hydrogens is 320 g/mol. The Balaban J connectivity index is 1.42. The smallest absolute Gasteiger partial charge is 0.254 e. The van der Waals surface area contributed by atoms with E-state index < -0.39 is 0 Å². The van der Waals surface area contributed by atoms with Crippen molar-refractivity contribution in [2.75, 3.05) is 26.2 Å². The first-order chi connectivity index (χ1) is 12.2. The molecule has 1 fully saturated rings. The van der Waals surface area contributed by atoms with Gasteiger partial charge in [0, 0.05) is 49.7 Å². The van der Waals surface area contributed by atoms with E-state index in [1.807, 2.05) is 0 Å². The Hall–Kier alpha value is -3.22. The lowest BCUT2D eigenvalue weighted by atomic mass is 10.1. The summed E-state index contributed by atoms with van der Waals surface area (Å²) in [5, 5.41) is 0. The first-order valence-electron chi connectivity index (χ1n) is 8.04. The number of nitrogens with zero attached hydrogens (tertiary/aromatic N) is 4. The molecular formula is C18H16N4O3. The van der Waals surface area contributed by atoms with E-state index in [0.717, 1.165) is 0 Å². The van der Waals surface area contributed by atoms with Gasteiger partial charge in [-0.3, -0.25) is 14.6 Å². The maximum atomic E-state index is 12.7. The first-order valence-corrected chi connectivity index (χ1v) is 8.04. The van der Waals surface area contributed by atoms with Gasteiger partial charge in [-0.2, -0.15) is 0 Å². The van der Waals surface area contributed by atoms with Gasteiger partial charge in [-0.1, -0.05) is 0 Å². The van der Waals surface area contributed by atoms with Crippen molar-refractivity contribution in [3.05, 3.63) is 60.2 Å². The molecule has 2 aromatic heterocycles. The molecule has 25 heavy (non-hydrogen) atoms. The Morgan fingerprint density at radius 1 is 0.880 bits per heavy atom. The normalized spacial score (nSPS) is 14.7. The summed E-state index contributed by atoms with van der Waals surface area (Å²) >= 11 is 0. The van der Waals surface area contributed by atoms with Crippen LogP contribution in [0.3, 0.4) is 0 Å². The number of rotatable bonds is 2. The van der Waals surface area contributed by atoms with Crippen molar-refractivity contribution in [1.82, 2.24) is 19.8 Å². The molecule has 3 heterocycles. The van der Waals surface area contributed by atoms with Crippen LogP contribution < -0.4 is 0 Å². The highest BCUT2D eigenvalue weighted by Gasteiger charge is 2.25. The average Bonchev–Trinajstić information content (AvgIpc) is 3.15. The van der Waals surface area contributed by atoms with Crippen LogP contribution in [-0.2, 0) is 0 Å². The lowest BCUT2D eigenvalue weighted by Crippen LogP contribution is -2.50. The van der Waals surface area contributed by atoms with E-state index in [4.69, 9.17) is 4.42 Å². The number of oxazole rings is 1. The topological polar surface area (TPSA) is 79.5 Å². The third-order valence-electron chi connectivity index (χ3n) is 4.36. The predicted octanol–water partition coefficient (Wildman–Crippen LogP) is 1.82. The number of hydrogen-bond donors (Lipinski definition) is 0. The fraction of sp³-hybridized carbons (Fsp3) is 0.222. The highest BCUT2D eigenvalue weighted by Crippen LogP contribution is 2.17. The number of piperazine rings is 1. The molecule has 7 nitrogen and oxygen atoms in total. The number of carbonyl (C=O) groups is 2. The molecule has 2 amide bonds. The molecule has 0 radical (unpaired) electrons. The minimum Gasteiger partial charge on any atom is -0.443 e. The van der Waals surface area contributed by atoms with Gasteiger partial charge in [0.2, 0.25) is 0 Å². The number of aromatic nitrogens is 2. The summed E-state index contributed by atoms with van der Waals surface area (Å²) in [6.07, 6.45) is 4.57. The van der Waals surface area contributed by atoms with Gasteiger partial charge in [-0.15, -0.1) is 0 Å². The molecule has 1 aromatic carbocycles. The van der Waals surface area contributed by atoms with Crippen molar-refractivity contribution in [1.29, 1.82) is 0 Å². The van der Waals surface area contributed by atoms with E-state index in [9.17, 15) is 9.59 Å². The van der Waals surface area contributed by atoms with Crippen molar-refractivity contribution in [2.24, 2.45) is 0 Å². The van der Waals surface area contributed by atoms with E-state index in [1.54, 1.807) is 52.5 Å². The van der Waals surface area contributed by atoms with Crippen LogP contribution in [0.25, 0.3) is 11.1 Å². The van der Waals surface area contributed by atoms with Crippen molar-refractivity contribution < 1.29 is 14.0 Å². The largest absolute Gasteiger partial charge is 0.443 e. The quantitative estimate of drug-likeness (QED) is 0.713. The van der Waals surface area contributed by atoms with Crippen molar-refractivity contribution >= 4 is 22.9 Å². The van der Waals surface area contributed by atoms with Crippen LogP contribution in [0.15, 0.2) is 53.5 Å². The maximum absolute atomic E-state index is 12.7. The standard InChI is InChI=1S/C18H16N4O3/c23-17(13-3-5-19-6-4-13)21-7-9-22(10-8-21)18(24)14-1-2-16-15(11-14)20-12-25-16/h1-6,11-12H,7-10H2. The Bertz CT molecular complexity index is 914. The molecule has 0 aliphatic carbocycles. The molecule has 0 spiro atoms. The van der Waals surface area contributed by atoms with E-state index in [2.05, 4.69) is 9.97 Å². The van der Waals surface area contributed by atoms with Crippen molar-refractivity contribution in [3.8, 4) is 0 Å². The van der Waals surface area contributed by atoms with Crippen molar-refractivity contribution in [3.63, 3.8) is 0 Å². The molecule has 4 rings (SSSR count). The Morgan fingerprint density at radius 2 is 1.52 bits per heavy atom. The van der Waals surface area contributed by atoms with Gasteiger partial charge in [0.05, 0.1) is 0 Å². The zero-order chi connectivity index (χ0) is 17.2. The number of carbonyl (C=O) groups excluding carboxylic acids is 2. The lowest BCUT2D eigenvalue weighted by molar-refractivity contribution is 0.0535. The maximum Gasteiger partial charge on any atom is 0.254 e. The predicted molar refractivity (Wildman–Crippen MR) is 90.1 cm³/mol. The highest BCUT2D eigenvalue weighted by atomic mass is 16.3. The van der Waals surface area contributed by atoms with Gasteiger partial charge < -0.3 is 14.2 Å². The monoisotopic (exact) mass is 336 g/mol. The van der Waals surface area contributed by atoms with Crippen LogP contribution in [0.5, 0.6) is 0 Å². The summed E-state index contributed by atoms with van der Waals surface area (Å²) in [5.41, 5.74) is 2.52. The molecule has 0 atom stereocenters. The number of benzene rings is 1. The summed E-state index contributed by atoms with van der Waals surface area (Å²) in [4.78, 5) is 36.6. The molecule has 0 N–H and O–H groups in total. The summed E-state index contributed by atoms with van der Waals surface area (Å²) < 4.78 is 5.20. The molecule has 0 saturated carbocycles. The fourth-order valence-corrected chi connectivity index (χ4v) is 2.96. The molecule has 3 aromatic rings. The summed E-state index contributed by atoms with van der Waals surface area (Å²) in [5.74, 6) is -0.0839. The average molecular weight is 336 g/mol. The Kier molecular flexibility index (Phi) is 3.89. The van der Waals surface area contributed by atoms with E-state index in [0.29, 0.717) is 48.4 Å². The lowest BCUT2D eigenvalue weighted by Gasteiger charge is -2.34. The van der Waals surface area contributed by atoms with Crippen LogP contribution in [-0.4, -0.2) is 57.8 Å². The van der Waals surface area contributed by atoms with Gasteiger partial charge in [0.15, 0.2) is 12.0 Å². The number of pyridine rings is 1. The fourth-order valence-electron chi connectivity index (χ4n) is 2.96. The van der Waals surface area contributed by atoms with Gasteiger partial charge >= 0.3 is 0 Å². The highest BCUT2D eigenvalue weighted by molar-refractivity contribution is 5.97. The zero-order valence-electron chi connectivity index (χ0n) is 13.5. The second kappa shape index (κ2) is 6.35. The molecule has 0 unspecified atom stereocenters. The van der Waals surface area contributed by atoms with E-state index in [-0.39, 0.29) is 11.8 Å². The van der Waals surface area contributed by atoms with Crippen LogP contribution >= 0.6 is 0 Å². The SMILES string of the molecule is O=C(c1ccncc1)N1CCN(C(=O)c2ccc3ocnc3c2)CC1. The Morgan fingerprint density at radius 3 is 2.20 bits per heavy atom. The van der Waals surface area contributed by atoms with Gasteiger partial charge in [-0.25, -0.2) is 4.98 Å². The van der Waals surface area contributed by atoms with E-state index >= 15 is 0 Å². The minimum atomic E-state index is -0.0547. The Labute approximate surface area is 143 Å². The molecule has 0 bridgehead atoms. The second-order valence-corrected chi connectivity index (χ2v) is 5.86. The first kappa shape index (κ1) is 15.3. The van der Waals surface area contributed by atoms with Gasteiger partial charge in [0.1, 0.15) is 5.52 Å². The number of hydrogen-bond acceptors (Lipinski definition) is 5. The summed E-state index contributed by atoms with van der Waals surface area (Å²) in [6, 6.07) is 8.62. The third-order valence-corrected chi connectivity index (χ3v) is 4.36. The van der Waals surface area contributed by atoms with E-state index in [1.165, 1.54) is 6.39 Å². The van der Waals surface area contributed by atoms with Gasteiger partial charge in [0.25, 0.3) is 11.8 Å². The van der Waals surface area contributed by atoms with Crippen LogP contribution in [0, 0.1) is 0 Å². The number of amides is 2. The van der Waals surface area contributed by atoms with Crippen LogP contribution in [0.1, 0.15) is 20.7 Å².